The zero-order valence-electron chi connectivity index (χ0n) is 16.9. The van der Waals surface area contributed by atoms with Gasteiger partial charge in [-0.25, -0.2) is 4.39 Å². The van der Waals surface area contributed by atoms with E-state index >= 15 is 0 Å². The number of ether oxygens (including phenoxy) is 1. The molecule has 4 N–H and O–H groups in total. The van der Waals surface area contributed by atoms with E-state index in [9.17, 15) is 24.8 Å². The van der Waals surface area contributed by atoms with Crippen LogP contribution in [0.15, 0.2) is 48.7 Å². The number of aromatic nitrogens is 1. The first-order valence-corrected chi connectivity index (χ1v) is 10.6. The zero-order chi connectivity index (χ0) is 21.7. The number of hydrogen-bond donors (Lipinski definition) is 4. The molecule has 0 bridgehead atoms. The van der Waals surface area contributed by atoms with Crippen LogP contribution < -0.4 is 0 Å². The number of nitrogens with zero attached hydrogens (tertiary/aromatic N) is 1. The molecule has 0 radical (unpaired) electrons. The minimum absolute atomic E-state index is 0.384. The van der Waals surface area contributed by atoms with Crippen LogP contribution in [0, 0.1) is 5.82 Å². The highest BCUT2D eigenvalue weighted by Crippen LogP contribution is 2.40. The van der Waals surface area contributed by atoms with E-state index in [1.165, 1.54) is 24.5 Å². The van der Waals surface area contributed by atoms with Gasteiger partial charge in [-0.15, -0.1) is 0 Å². The first-order chi connectivity index (χ1) is 15.0. The molecule has 2 heterocycles. The first-order valence-electron chi connectivity index (χ1n) is 10.6. The Morgan fingerprint density at radius 2 is 1.71 bits per heavy atom. The van der Waals surface area contributed by atoms with Crippen LogP contribution in [0.4, 0.5) is 4.39 Å². The minimum atomic E-state index is -1.50. The number of hydrogen-bond acceptors (Lipinski definition) is 5. The lowest BCUT2D eigenvalue weighted by molar-refractivity contribution is -0.250. The SMILES string of the molecule is OCC1OC(n2cc(Cc3ccc(C4CC4)cc3)c3c(F)cccc32)[C@H](O)[C@@H](O)[C@@H]1O. The van der Waals surface area contributed by atoms with Gasteiger partial charge in [0.1, 0.15) is 30.2 Å². The van der Waals surface area contributed by atoms with Crippen LogP contribution in [0.25, 0.3) is 10.9 Å². The van der Waals surface area contributed by atoms with Crippen LogP contribution >= 0.6 is 0 Å². The molecule has 31 heavy (non-hydrogen) atoms. The Bertz CT molecular complexity index is 1080. The molecule has 0 amide bonds. The fourth-order valence-electron chi connectivity index (χ4n) is 4.55. The van der Waals surface area contributed by atoms with Gasteiger partial charge in [0.05, 0.1) is 12.1 Å². The average molecular weight is 427 g/mol. The third kappa shape index (κ3) is 3.66. The molecular weight excluding hydrogens is 401 g/mol. The maximum atomic E-state index is 14.8. The molecule has 7 heteroatoms. The van der Waals surface area contributed by atoms with Crippen molar-refractivity contribution in [3.8, 4) is 0 Å². The topological polar surface area (TPSA) is 95.1 Å². The number of rotatable bonds is 5. The van der Waals surface area contributed by atoms with Gasteiger partial charge in [-0.2, -0.15) is 0 Å². The summed E-state index contributed by atoms with van der Waals surface area (Å²) >= 11 is 0. The lowest BCUT2D eigenvalue weighted by Gasteiger charge is -2.40. The molecule has 5 rings (SSSR count). The van der Waals surface area contributed by atoms with Gasteiger partial charge in [-0.3, -0.25) is 0 Å². The maximum absolute atomic E-state index is 14.8. The molecular formula is C24H26FNO5. The second kappa shape index (κ2) is 8.00. The standard InChI is InChI=1S/C24H26FNO5/c25-17-2-1-3-18-20(17)16(10-13-4-6-14(7-5-13)15-8-9-15)11-26(18)24-23(30)22(29)21(28)19(12-27)31-24/h1-7,11,15,19,21-24,27-30H,8-10,12H2/t19?,21-,22+,23-,24?/m1/s1. The molecule has 6 nitrogen and oxygen atoms in total. The van der Waals surface area contributed by atoms with Gasteiger partial charge in [0.15, 0.2) is 6.23 Å². The molecule has 1 aliphatic carbocycles. The van der Waals surface area contributed by atoms with Gasteiger partial charge in [0.25, 0.3) is 0 Å². The van der Waals surface area contributed by atoms with Crippen molar-refractivity contribution >= 4 is 10.9 Å². The summed E-state index contributed by atoms with van der Waals surface area (Å²) in [7, 11) is 0. The monoisotopic (exact) mass is 427 g/mol. The van der Waals surface area contributed by atoms with E-state index in [0.717, 1.165) is 11.1 Å². The Balaban J connectivity index is 1.53. The average Bonchev–Trinajstić information content (AvgIpc) is 3.56. The Hall–Kier alpha value is -2.29. The van der Waals surface area contributed by atoms with E-state index in [2.05, 4.69) is 24.3 Å². The molecule has 164 valence electrons. The molecule has 2 aromatic carbocycles. The van der Waals surface area contributed by atoms with Crippen LogP contribution in [0.3, 0.4) is 0 Å². The van der Waals surface area contributed by atoms with Crippen molar-refractivity contribution in [2.75, 3.05) is 6.61 Å². The van der Waals surface area contributed by atoms with Crippen LogP contribution in [0.2, 0.25) is 0 Å². The van der Waals surface area contributed by atoms with Gasteiger partial charge in [-0.05, 0) is 54.0 Å². The van der Waals surface area contributed by atoms with Crippen LogP contribution in [0.1, 0.15) is 41.7 Å². The molecule has 1 aromatic heterocycles. The quantitative estimate of drug-likeness (QED) is 0.501. The summed E-state index contributed by atoms with van der Waals surface area (Å²) in [6, 6.07) is 13.1. The van der Waals surface area contributed by atoms with Crippen molar-refractivity contribution < 1.29 is 29.6 Å². The number of aliphatic hydroxyl groups excluding tert-OH is 4. The van der Waals surface area contributed by atoms with Gasteiger partial charge in [-0.1, -0.05) is 30.3 Å². The summed E-state index contributed by atoms with van der Waals surface area (Å²) in [5.41, 5.74) is 3.61. The second-order valence-corrected chi connectivity index (χ2v) is 8.61. The van der Waals surface area contributed by atoms with Crippen molar-refractivity contribution in [1.29, 1.82) is 0 Å². The van der Waals surface area contributed by atoms with Gasteiger partial charge in [0, 0.05) is 11.6 Å². The largest absolute Gasteiger partial charge is 0.394 e. The highest BCUT2D eigenvalue weighted by atomic mass is 19.1. The van der Waals surface area contributed by atoms with Gasteiger partial charge < -0.3 is 29.7 Å². The lowest BCUT2D eigenvalue weighted by Crippen LogP contribution is -2.56. The molecule has 0 spiro atoms. The van der Waals surface area contributed by atoms with Crippen LogP contribution in [-0.2, 0) is 11.2 Å². The van der Waals surface area contributed by atoms with Crippen LogP contribution in [-0.4, -0.2) is 56.0 Å². The molecule has 2 unspecified atom stereocenters. The molecule has 2 aliphatic rings. The maximum Gasteiger partial charge on any atom is 0.163 e. The molecule has 1 aliphatic heterocycles. The normalized spacial score (nSPS) is 28.9. The molecule has 2 fully saturated rings. The summed E-state index contributed by atoms with van der Waals surface area (Å²) in [5, 5.41) is 40.8. The van der Waals surface area contributed by atoms with E-state index in [4.69, 9.17) is 4.74 Å². The van der Waals surface area contributed by atoms with Crippen molar-refractivity contribution in [2.24, 2.45) is 0 Å². The summed E-state index contributed by atoms with van der Waals surface area (Å²) in [5.74, 6) is 0.282. The summed E-state index contributed by atoms with van der Waals surface area (Å²) in [6.07, 6.45) is -1.82. The first kappa shape index (κ1) is 20.6. The van der Waals surface area contributed by atoms with Crippen LogP contribution in [0.5, 0.6) is 0 Å². The van der Waals surface area contributed by atoms with Crippen molar-refractivity contribution in [2.45, 2.75) is 55.8 Å². The number of fused-ring (bicyclic) bond motifs is 1. The third-order valence-corrected chi connectivity index (χ3v) is 6.45. The molecule has 5 atom stereocenters. The zero-order valence-corrected chi connectivity index (χ0v) is 16.9. The Labute approximate surface area is 179 Å². The summed E-state index contributed by atoms with van der Waals surface area (Å²) < 4.78 is 22.1. The van der Waals surface area contributed by atoms with E-state index < -0.39 is 37.3 Å². The highest BCUT2D eigenvalue weighted by Gasteiger charge is 2.44. The van der Waals surface area contributed by atoms with Gasteiger partial charge >= 0.3 is 0 Å². The van der Waals surface area contributed by atoms with E-state index in [0.29, 0.717) is 23.2 Å². The predicted octanol–water partition coefficient (Wildman–Crippen LogP) is 2.22. The fraction of sp³-hybridized carbons (Fsp3) is 0.417. The number of halogens is 1. The molecule has 3 aromatic rings. The summed E-state index contributed by atoms with van der Waals surface area (Å²) in [4.78, 5) is 0. The third-order valence-electron chi connectivity index (χ3n) is 6.45. The Morgan fingerprint density at radius 1 is 0.968 bits per heavy atom. The predicted molar refractivity (Wildman–Crippen MR) is 112 cm³/mol. The molecule has 1 saturated carbocycles. The van der Waals surface area contributed by atoms with Crippen molar-refractivity contribution in [3.05, 3.63) is 71.2 Å². The minimum Gasteiger partial charge on any atom is -0.394 e. The smallest absolute Gasteiger partial charge is 0.163 e. The Kier molecular flexibility index (Phi) is 5.32. The lowest BCUT2D eigenvalue weighted by atomic mass is 9.98. The highest BCUT2D eigenvalue weighted by molar-refractivity contribution is 5.85. The number of benzene rings is 2. The molecule has 1 saturated heterocycles. The second-order valence-electron chi connectivity index (χ2n) is 8.61. The van der Waals surface area contributed by atoms with Gasteiger partial charge in [0.2, 0.25) is 0 Å². The Morgan fingerprint density at radius 3 is 2.39 bits per heavy atom. The van der Waals surface area contributed by atoms with Crippen molar-refractivity contribution in [1.82, 2.24) is 4.57 Å². The number of aliphatic hydroxyl groups is 4. The van der Waals surface area contributed by atoms with Crippen molar-refractivity contribution in [3.63, 3.8) is 0 Å². The summed E-state index contributed by atoms with van der Waals surface area (Å²) in [6.45, 7) is -0.519. The van der Waals surface area contributed by atoms with E-state index in [1.807, 2.05) is 0 Å². The van der Waals surface area contributed by atoms with E-state index in [1.54, 1.807) is 22.9 Å². The van der Waals surface area contributed by atoms with E-state index in [-0.39, 0.29) is 5.82 Å². The fourth-order valence-corrected chi connectivity index (χ4v) is 4.55.